The molecule has 0 heterocycles. The Balaban J connectivity index is 3.86. The maximum Gasteiger partial charge on any atom is 0.341 e. The zero-order chi connectivity index (χ0) is 10.5. The lowest BCUT2D eigenvalue weighted by molar-refractivity contribution is -0.0580. The number of nitrogens with zero attached hydrogens (tertiary/aromatic N) is 1. The Hall–Kier alpha value is -0.770. The third kappa shape index (κ3) is 5.47. The lowest BCUT2D eigenvalue weighted by Crippen LogP contribution is -2.43. The third-order valence-corrected chi connectivity index (χ3v) is 1.50. The highest BCUT2D eigenvalue weighted by Crippen LogP contribution is 2.03. The average molecular weight is 188 g/mol. The lowest BCUT2D eigenvalue weighted by Gasteiger charge is -2.23. The number of hydrogen-bond acceptors (Lipinski definition) is 2. The fraction of sp³-hybridized carbons (Fsp3) is 0.889. The summed E-state index contributed by atoms with van der Waals surface area (Å²) in [7, 11) is 0. The molecule has 0 aliphatic carbocycles. The van der Waals surface area contributed by atoms with Gasteiger partial charge in [-0.15, -0.1) is 0 Å². The van der Waals surface area contributed by atoms with Crippen molar-refractivity contribution in [3.05, 3.63) is 0 Å². The van der Waals surface area contributed by atoms with E-state index in [4.69, 9.17) is 4.84 Å². The summed E-state index contributed by atoms with van der Waals surface area (Å²) in [5.74, 6) is 0. The second kappa shape index (κ2) is 5.07. The van der Waals surface area contributed by atoms with Crippen molar-refractivity contribution < 1.29 is 9.63 Å². The van der Waals surface area contributed by atoms with Gasteiger partial charge in [-0.1, -0.05) is 0 Å². The van der Waals surface area contributed by atoms with Gasteiger partial charge in [0.25, 0.3) is 0 Å². The molecular weight excluding hydrogens is 168 g/mol. The van der Waals surface area contributed by atoms with Gasteiger partial charge >= 0.3 is 6.03 Å². The van der Waals surface area contributed by atoms with Crippen molar-refractivity contribution in [3.8, 4) is 0 Å². The third-order valence-electron chi connectivity index (χ3n) is 1.50. The summed E-state index contributed by atoms with van der Waals surface area (Å²) in [4.78, 5) is 18.1. The van der Waals surface area contributed by atoms with Crippen molar-refractivity contribution in [1.82, 2.24) is 10.4 Å². The van der Waals surface area contributed by atoms with Gasteiger partial charge in [0.15, 0.2) is 0 Å². The normalized spacial score (nSPS) is 11.2. The summed E-state index contributed by atoms with van der Waals surface area (Å²) in [6, 6.07) is -0.181. The molecule has 4 nitrogen and oxygen atoms in total. The maximum absolute atomic E-state index is 11.3. The zero-order valence-electron chi connectivity index (χ0n) is 9.18. The molecule has 0 radical (unpaired) electrons. The first-order chi connectivity index (χ1) is 5.90. The Morgan fingerprint density at radius 1 is 1.31 bits per heavy atom. The molecule has 0 bridgehead atoms. The van der Waals surface area contributed by atoms with Crippen LogP contribution in [0.25, 0.3) is 0 Å². The van der Waals surface area contributed by atoms with Gasteiger partial charge in [-0.25, -0.2) is 10.3 Å². The molecule has 1 N–H and O–H groups in total. The monoisotopic (exact) mass is 188 g/mol. The number of hydrogen-bond donors (Lipinski definition) is 1. The zero-order valence-corrected chi connectivity index (χ0v) is 9.18. The first kappa shape index (κ1) is 12.2. The molecule has 0 aromatic heterocycles. The molecule has 0 atom stereocenters. The summed E-state index contributed by atoms with van der Waals surface area (Å²) in [5.41, 5.74) is 2.07. The van der Waals surface area contributed by atoms with E-state index in [1.807, 2.05) is 34.6 Å². The maximum atomic E-state index is 11.3. The summed E-state index contributed by atoms with van der Waals surface area (Å²) >= 11 is 0. The Morgan fingerprint density at radius 2 is 1.77 bits per heavy atom. The van der Waals surface area contributed by atoms with Crippen molar-refractivity contribution in [2.45, 2.75) is 40.2 Å². The molecule has 0 saturated carbocycles. The fourth-order valence-corrected chi connectivity index (χ4v) is 0.772. The molecule has 0 spiro atoms. The van der Waals surface area contributed by atoms with Gasteiger partial charge in [-0.3, -0.25) is 4.84 Å². The van der Waals surface area contributed by atoms with Crippen molar-refractivity contribution in [2.75, 3.05) is 13.1 Å². The number of rotatable bonds is 3. The molecule has 0 aromatic rings. The van der Waals surface area contributed by atoms with Crippen LogP contribution in [0.15, 0.2) is 0 Å². The van der Waals surface area contributed by atoms with E-state index in [0.717, 1.165) is 0 Å². The summed E-state index contributed by atoms with van der Waals surface area (Å²) in [6.07, 6.45) is 0. The molecular formula is C9H20N2O2. The van der Waals surface area contributed by atoms with Crippen LogP contribution in [0.5, 0.6) is 0 Å². The number of urea groups is 1. The van der Waals surface area contributed by atoms with E-state index in [1.165, 1.54) is 0 Å². The second-order valence-corrected chi connectivity index (χ2v) is 3.79. The Kier molecular flexibility index (Phi) is 4.77. The quantitative estimate of drug-likeness (QED) is 0.686. The Morgan fingerprint density at radius 3 is 2.08 bits per heavy atom. The van der Waals surface area contributed by atoms with Crippen LogP contribution in [0.3, 0.4) is 0 Å². The van der Waals surface area contributed by atoms with Crippen molar-refractivity contribution in [3.63, 3.8) is 0 Å². The standard InChI is InChI=1S/C9H20N2O2/c1-6-11(7-2)8(12)10-13-9(3,4)5/h6-7H2,1-5H3,(H,10,12). The molecule has 0 saturated heterocycles. The lowest BCUT2D eigenvalue weighted by atomic mass is 10.2. The molecule has 4 heteroatoms. The number of hydroxylamine groups is 1. The largest absolute Gasteiger partial charge is 0.341 e. The average Bonchev–Trinajstić information content (AvgIpc) is 2.02. The predicted molar refractivity (Wildman–Crippen MR) is 52.3 cm³/mol. The molecule has 78 valence electrons. The van der Waals surface area contributed by atoms with Gasteiger partial charge in [0.05, 0.1) is 5.60 Å². The topological polar surface area (TPSA) is 41.6 Å². The SMILES string of the molecule is CCN(CC)C(=O)NOC(C)(C)C. The van der Waals surface area contributed by atoms with E-state index in [9.17, 15) is 4.79 Å². The van der Waals surface area contributed by atoms with Crippen LogP contribution >= 0.6 is 0 Å². The number of amides is 2. The molecule has 0 unspecified atom stereocenters. The van der Waals surface area contributed by atoms with E-state index in [1.54, 1.807) is 4.90 Å². The Labute approximate surface area is 80.2 Å². The molecule has 0 aromatic carbocycles. The van der Waals surface area contributed by atoms with Gasteiger partial charge in [-0.2, -0.15) is 0 Å². The van der Waals surface area contributed by atoms with Crippen LogP contribution in [0.1, 0.15) is 34.6 Å². The highest BCUT2D eigenvalue weighted by Gasteiger charge is 2.15. The van der Waals surface area contributed by atoms with E-state index in [2.05, 4.69) is 5.48 Å². The van der Waals surface area contributed by atoms with Crippen LogP contribution in [0.4, 0.5) is 4.79 Å². The summed E-state index contributed by atoms with van der Waals surface area (Å²) < 4.78 is 0. The molecule has 13 heavy (non-hydrogen) atoms. The van der Waals surface area contributed by atoms with Gasteiger partial charge < -0.3 is 4.90 Å². The van der Waals surface area contributed by atoms with Gasteiger partial charge in [0.2, 0.25) is 0 Å². The van der Waals surface area contributed by atoms with Gasteiger partial charge in [0, 0.05) is 13.1 Å². The first-order valence-corrected chi connectivity index (χ1v) is 4.63. The van der Waals surface area contributed by atoms with Gasteiger partial charge in [0.1, 0.15) is 0 Å². The van der Waals surface area contributed by atoms with Crippen LogP contribution < -0.4 is 5.48 Å². The molecule has 0 fully saturated rings. The summed E-state index contributed by atoms with van der Waals surface area (Å²) in [5, 5.41) is 0. The predicted octanol–water partition coefficient (Wildman–Crippen LogP) is 1.77. The van der Waals surface area contributed by atoms with E-state index in [0.29, 0.717) is 13.1 Å². The van der Waals surface area contributed by atoms with E-state index >= 15 is 0 Å². The van der Waals surface area contributed by atoms with Crippen LogP contribution in [-0.4, -0.2) is 29.6 Å². The highest BCUT2D eigenvalue weighted by atomic mass is 16.7. The van der Waals surface area contributed by atoms with Crippen LogP contribution in [-0.2, 0) is 4.84 Å². The van der Waals surface area contributed by atoms with E-state index in [-0.39, 0.29) is 11.6 Å². The minimum absolute atomic E-state index is 0.181. The molecule has 0 aliphatic heterocycles. The first-order valence-electron chi connectivity index (χ1n) is 4.63. The molecule has 2 amide bonds. The Bertz CT molecular complexity index is 159. The second-order valence-electron chi connectivity index (χ2n) is 3.79. The minimum atomic E-state index is -0.344. The number of carbonyl (C=O) groups excluding carboxylic acids is 1. The number of carbonyl (C=O) groups is 1. The van der Waals surface area contributed by atoms with Crippen molar-refractivity contribution in [2.24, 2.45) is 0 Å². The van der Waals surface area contributed by atoms with Gasteiger partial charge in [-0.05, 0) is 34.6 Å². The highest BCUT2D eigenvalue weighted by molar-refractivity contribution is 5.72. The minimum Gasteiger partial charge on any atom is -0.324 e. The molecule has 0 aliphatic rings. The van der Waals surface area contributed by atoms with Crippen LogP contribution in [0.2, 0.25) is 0 Å². The van der Waals surface area contributed by atoms with Crippen molar-refractivity contribution in [1.29, 1.82) is 0 Å². The van der Waals surface area contributed by atoms with E-state index < -0.39 is 0 Å². The fourth-order valence-electron chi connectivity index (χ4n) is 0.772. The van der Waals surface area contributed by atoms with Crippen molar-refractivity contribution >= 4 is 6.03 Å². The number of nitrogens with one attached hydrogen (secondary N) is 1. The van der Waals surface area contributed by atoms with Crippen LogP contribution in [0, 0.1) is 0 Å². The smallest absolute Gasteiger partial charge is 0.324 e. The summed E-state index contributed by atoms with van der Waals surface area (Å²) in [6.45, 7) is 10.9. The molecule has 0 rings (SSSR count).